The number of anilines is 1. The van der Waals surface area contributed by atoms with Crippen molar-refractivity contribution in [2.75, 3.05) is 18.0 Å². The Bertz CT molecular complexity index is 642. The quantitative estimate of drug-likeness (QED) is 0.869. The molecule has 0 aliphatic carbocycles. The molecule has 2 aromatic rings. The van der Waals surface area contributed by atoms with Gasteiger partial charge in [0.05, 0.1) is 6.04 Å². The van der Waals surface area contributed by atoms with E-state index in [0.29, 0.717) is 6.54 Å². The van der Waals surface area contributed by atoms with E-state index in [1.807, 2.05) is 25.1 Å². The number of piperazine rings is 1. The summed E-state index contributed by atoms with van der Waals surface area (Å²) in [5, 5.41) is 0. The Labute approximate surface area is 130 Å². The summed E-state index contributed by atoms with van der Waals surface area (Å²) in [6, 6.07) is 16.1. The summed E-state index contributed by atoms with van der Waals surface area (Å²) >= 11 is 0. The van der Waals surface area contributed by atoms with Gasteiger partial charge in [0.25, 0.3) is 0 Å². The number of halogens is 1. The minimum atomic E-state index is -0.285. The molecule has 1 aliphatic heterocycles. The molecular weight excluding hydrogens is 279 g/mol. The van der Waals surface area contributed by atoms with Gasteiger partial charge in [-0.05, 0) is 36.8 Å². The van der Waals surface area contributed by atoms with Crippen LogP contribution >= 0.6 is 0 Å². The first-order valence-corrected chi connectivity index (χ1v) is 7.50. The van der Waals surface area contributed by atoms with Crippen molar-refractivity contribution in [3.63, 3.8) is 0 Å². The topological polar surface area (TPSA) is 23.6 Å². The van der Waals surface area contributed by atoms with Crippen LogP contribution in [0.4, 0.5) is 10.1 Å². The normalized spacial score (nSPS) is 19.5. The molecule has 1 saturated heterocycles. The van der Waals surface area contributed by atoms with Gasteiger partial charge in [0, 0.05) is 25.3 Å². The smallest absolute Gasteiger partial charge is 0.244 e. The van der Waals surface area contributed by atoms with E-state index < -0.39 is 0 Å². The van der Waals surface area contributed by atoms with Crippen molar-refractivity contribution >= 4 is 11.6 Å². The minimum Gasteiger partial charge on any atom is -0.310 e. The van der Waals surface area contributed by atoms with E-state index in [-0.39, 0.29) is 17.8 Å². The van der Waals surface area contributed by atoms with Gasteiger partial charge in [0.2, 0.25) is 5.91 Å². The molecule has 1 amide bonds. The molecule has 0 spiro atoms. The van der Waals surface area contributed by atoms with E-state index in [2.05, 4.69) is 17.0 Å². The lowest BCUT2D eigenvalue weighted by Gasteiger charge is -2.39. The molecule has 2 aromatic carbocycles. The molecular formula is C18H19FN2O. The zero-order chi connectivity index (χ0) is 15.5. The molecule has 0 N–H and O–H groups in total. The summed E-state index contributed by atoms with van der Waals surface area (Å²) in [6.45, 7) is 4.13. The first-order valence-electron chi connectivity index (χ1n) is 7.50. The third-order valence-corrected chi connectivity index (χ3v) is 4.15. The number of hydrogen-bond donors (Lipinski definition) is 0. The maximum absolute atomic E-state index is 13.0. The van der Waals surface area contributed by atoms with Gasteiger partial charge < -0.3 is 4.90 Å². The zero-order valence-corrected chi connectivity index (χ0v) is 12.6. The van der Waals surface area contributed by atoms with E-state index in [1.54, 1.807) is 17.0 Å². The van der Waals surface area contributed by atoms with Crippen molar-refractivity contribution in [1.82, 2.24) is 4.90 Å². The number of benzene rings is 2. The Hall–Kier alpha value is -2.20. The van der Waals surface area contributed by atoms with Gasteiger partial charge in [-0.3, -0.25) is 9.69 Å². The second kappa shape index (κ2) is 6.28. The van der Waals surface area contributed by atoms with E-state index in [4.69, 9.17) is 0 Å². The summed E-state index contributed by atoms with van der Waals surface area (Å²) in [5.74, 6) is -0.222. The van der Waals surface area contributed by atoms with Crippen LogP contribution in [0.2, 0.25) is 0 Å². The van der Waals surface area contributed by atoms with Gasteiger partial charge in [-0.2, -0.15) is 0 Å². The van der Waals surface area contributed by atoms with Gasteiger partial charge in [0.15, 0.2) is 0 Å². The molecule has 0 aromatic heterocycles. The van der Waals surface area contributed by atoms with Crippen LogP contribution < -0.4 is 4.90 Å². The molecule has 3 nitrogen and oxygen atoms in total. The number of carbonyl (C=O) groups excluding carboxylic acids is 1. The Morgan fingerprint density at radius 2 is 1.73 bits per heavy atom. The maximum Gasteiger partial charge on any atom is 0.244 e. The highest BCUT2D eigenvalue weighted by Crippen LogP contribution is 2.22. The lowest BCUT2D eigenvalue weighted by Crippen LogP contribution is -2.55. The third-order valence-electron chi connectivity index (χ3n) is 4.15. The molecule has 4 heteroatoms. The molecule has 1 fully saturated rings. The highest BCUT2D eigenvalue weighted by atomic mass is 19.1. The van der Waals surface area contributed by atoms with Crippen LogP contribution in [-0.2, 0) is 11.3 Å². The Morgan fingerprint density at radius 1 is 1.05 bits per heavy atom. The number of hydrogen-bond acceptors (Lipinski definition) is 2. The largest absolute Gasteiger partial charge is 0.310 e. The highest BCUT2D eigenvalue weighted by Gasteiger charge is 2.32. The summed E-state index contributed by atoms with van der Waals surface area (Å²) in [7, 11) is 0. The highest BCUT2D eigenvalue weighted by molar-refractivity contribution is 5.97. The molecule has 114 valence electrons. The molecule has 1 aliphatic rings. The Kier molecular flexibility index (Phi) is 4.20. The second-order valence-corrected chi connectivity index (χ2v) is 5.60. The van der Waals surface area contributed by atoms with Gasteiger partial charge >= 0.3 is 0 Å². The van der Waals surface area contributed by atoms with Gasteiger partial charge in [-0.25, -0.2) is 4.39 Å². The van der Waals surface area contributed by atoms with Gasteiger partial charge in [-0.15, -0.1) is 0 Å². The van der Waals surface area contributed by atoms with E-state index in [9.17, 15) is 9.18 Å². The maximum atomic E-state index is 13.0. The van der Waals surface area contributed by atoms with Crippen LogP contribution in [0.25, 0.3) is 0 Å². The second-order valence-electron chi connectivity index (χ2n) is 5.60. The van der Waals surface area contributed by atoms with E-state index in [1.165, 1.54) is 17.7 Å². The fourth-order valence-corrected chi connectivity index (χ4v) is 2.83. The van der Waals surface area contributed by atoms with Crippen LogP contribution in [-0.4, -0.2) is 29.9 Å². The number of amides is 1. The predicted octanol–water partition coefficient (Wildman–Crippen LogP) is 3.06. The summed E-state index contributed by atoms with van der Waals surface area (Å²) in [6.07, 6.45) is 0. The molecule has 1 heterocycles. The average Bonchev–Trinajstić information content (AvgIpc) is 2.54. The lowest BCUT2D eigenvalue weighted by atomic mass is 10.1. The third kappa shape index (κ3) is 3.02. The molecule has 1 atom stereocenters. The van der Waals surface area contributed by atoms with Crippen molar-refractivity contribution in [2.45, 2.75) is 19.5 Å². The molecule has 3 rings (SSSR count). The van der Waals surface area contributed by atoms with Crippen molar-refractivity contribution in [1.29, 1.82) is 0 Å². The summed E-state index contributed by atoms with van der Waals surface area (Å²) in [5.41, 5.74) is 1.97. The Balaban J connectivity index is 1.72. The number of rotatable bonds is 3. The fourth-order valence-electron chi connectivity index (χ4n) is 2.83. The first-order chi connectivity index (χ1) is 10.6. The number of nitrogens with zero attached hydrogens (tertiary/aromatic N) is 2. The van der Waals surface area contributed by atoms with Crippen molar-refractivity contribution in [3.8, 4) is 0 Å². The van der Waals surface area contributed by atoms with Crippen LogP contribution in [0.15, 0.2) is 54.6 Å². The van der Waals surface area contributed by atoms with E-state index >= 15 is 0 Å². The van der Waals surface area contributed by atoms with E-state index in [0.717, 1.165) is 18.8 Å². The molecule has 0 saturated carbocycles. The van der Waals surface area contributed by atoms with Crippen molar-refractivity contribution in [3.05, 3.63) is 66.0 Å². The lowest BCUT2D eigenvalue weighted by molar-refractivity contribution is -0.125. The van der Waals surface area contributed by atoms with Crippen molar-refractivity contribution in [2.24, 2.45) is 0 Å². The molecule has 22 heavy (non-hydrogen) atoms. The van der Waals surface area contributed by atoms with Crippen LogP contribution in [0.3, 0.4) is 0 Å². The minimum absolute atomic E-state index is 0.0637. The molecule has 0 bridgehead atoms. The molecule has 0 unspecified atom stereocenters. The fraction of sp³-hybridized carbons (Fsp3) is 0.278. The van der Waals surface area contributed by atoms with Crippen LogP contribution in [0, 0.1) is 5.82 Å². The zero-order valence-electron chi connectivity index (χ0n) is 12.6. The first kappa shape index (κ1) is 14.7. The van der Waals surface area contributed by atoms with Gasteiger partial charge in [-0.1, -0.05) is 30.3 Å². The molecule has 0 radical (unpaired) electrons. The van der Waals surface area contributed by atoms with Crippen LogP contribution in [0.5, 0.6) is 0 Å². The standard InChI is InChI=1S/C18H19FN2O/c1-14-18(22)21(17-9-7-16(19)8-10-17)12-11-20(14)13-15-5-3-2-4-6-15/h2-10,14H,11-13H2,1H3/t14-/m0/s1. The summed E-state index contributed by atoms with van der Waals surface area (Å²) < 4.78 is 13.0. The monoisotopic (exact) mass is 298 g/mol. The number of carbonyl (C=O) groups is 1. The average molecular weight is 298 g/mol. The predicted molar refractivity (Wildman–Crippen MR) is 85.1 cm³/mol. The summed E-state index contributed by atoms with van der Waals surface area (Å²) in [4.78, 5) is 16.5. The Morgan fingerprint density at radius 3 is 2.41 bits per heavy atom. The van der Waals surface area contributed by atoms with Crippen LogP contribution in [0.1, 0.15) is 12.5 Å². The SMILES string of the molecule is C[C@H]1C(=O)N(c2ccc(F)cc2)CCN1Cc1ccccc1. The van der Waals surface area contributed by atoms with Crippen molar-refractivity contribution < 1.29 is 9.18 Å². The van der Waals surface area contributed by atoms with Gasteiger partial charge in [0.1, 0.15) is 5.82 Å².